The summed E-state index contributed by atoms with van der Waals surface area (Å²) in [5.41, 5.74) is 6.51. The average Bonchev–Trinajstić information content (AvgIpc) is 3.51. The number of fused-ring (bicyclic) bond motifs is 1. The highest BCUT2D eigenvalue weighted by Gasteiger charge is 2.38. The molecule has 1 fully saturated rings. The van der Waals surface area contributed by atoms with Gasteiger partial charge >= 0.3 is 0 Å². The zero-order valence-corrected chi connectivity index (χ0v) is 17.0. The standard InChI is InChI=1S/C22H26N6O2/c1-14-18(12-23-25-14)15-2-4-17(5-3-15)24-22-20-19(26-27-22)6-8-28(9-10-29)21(20)16-7-11-30-13-16/h2-5,10,12,16,21H,6-9,11,13H2,1H3,(H,23,25)(H2,24,26,27)/t16?,21-/m0/s1. The summed E-state index contributed by atoms with van der Waals surface area (Å²) in [6, 6.07) is 8.42. The molecule has 156 valence electrons. The Hall–Kier alpha value is -2.97. The lowest BCUT2D eigenvalue weighted by Crippen LogP contribution is -2.40. The highest BCUT2D eigenvalue weighted by Crippen LogP contribution is 2.42. The molecule has 5 rings (SSSR count). The Bertz CT molecular complexity index is 1020. The van der Waals surface area contributed by atoms with Crippen LogP contribution in [0, 0.1) is 12.8 Å². The molecule has 0 amide bonds. The second-order valence-corrected chi connectivity index (χ2v) is 8.03. The Morgan fingerprint density at radius 1 is 1.30 bits per heavy atom. The van der Waals surface area contributed by atoms with Crippen molar-refractivity contribution in [3.8, 4) is 11.1 Å². The zero-order chi connectivity index (χ0) is 20.5. The van der Waals surface area contributed by atoms with Gasteiger partial charge in [-0.1, -0.05) is 12.1 Å². The lowest BCUT2D eigenvalue weighted by Gasteiger charge is -2.37. The van der Waals surface area contributed by atoms with Gasteiger partial charge in [0.1, 0.15) is 6.29 Å². The number of aldehydes is 1. The van der Waals surface area contributed by atoms with E-state index in [4.69, 9.17) is 4.74 Å². The molecule has 0 radical (unpaired) electrons. The fourth-order valence-electron chi connectivity index (χ4n) is 4.72. The van der Waals surface area contributed by atoms with Crippen molar-refractivity contribution in [2.75, 3.05) is 31.6 Å². The van der Waals surface area contributed by atoms with Crippen molar-refractivity contribution in [1.82, 2.24) is 25.3 Å². The summed E-state index contributed by atoms with van der Waals surface area (Å²) in [7, 11) is 0. The molecule has 3 aromatic rings. The first-order valence-electron chi connectivity index (χ1n) is 10.4. The fourth-order valence-corrected chi connectivity index (χ4v) is 4.72. The number of aromatic amines is 2. The van der Waals surface area contributed by atoms with Gasteiger partial charge in [-0.3, -0.25) is 15.1 Å². The van der Waals surface area contributed by atoms with Crippen molar-refractivity contribution in [2.24, 2.45) is 5.92 Å². The van der Waals surface area contributed by atoms with E-state index in [1.165, 1.54) is 5.56 Å². The van der Waals surface area contributed by atoms with Crippen LogP contribution in [0.15, 0.2) is 30.5 Å². The van der Waals surface area contributed by atoms with Crippen molar-refractivity contribution in [3.05, 3.63) is 47.4 Å². The van der Waals surface area contributed by atoms with Crippen molar-refractivity contribution in [2.45, 2.75) is 25.8 Å². The lowest BCUT2D eigenvalue weighted by atomic mass is 9.87. The highest BCUT2D eigenvalue weighted by atomic mass is 16.5. The number of nitrogens with zero attached hydrogens (tertiary/aromatic N) is 3. The third-order valence-electron chi connectivity index (χ3n) is 6.23. The maximum absolute atomic E-state index is 11.3. The lowest BCUT2D eigenvalue weighted by molar-refractivity contribution is -0.109. The quantitative estimate of drug-likeness (QED) is 0.545. The average molecular weight is 406 g/mol. The number of H-pyrrole nitrogens is 2. The van der Waals surface area contributed by atoms with E-state index < -0.39 is 0 Å². The summed E-state index contributed by atoms with van der Waals surface area (Å²) in [6.45, 7) is 4.78. The molecular weight excluding hydrogens is 380 g/mol. The van der Waals surface area contributed by atoms with Gasteiger partial charge in [0.2, 0.25) is 0 Å². The predicted octanol–water partition coefficient (Wildman–Crippen LogP) is 2.99. The molecule has 3 N–H and O–H groups in total. The molecule has 0 saturated carbocycles. The van der Waals surface area contributed by atoms with Crippen LogP contribution < -0.4 is 5.32 Å². The number of anilines is 2. The number of ether oxygens (including phenoxy) is 1. The normalized spacial score (nSPS) is 21.5. The Labute approximate surface area is 175 Å². The second-order valence-electron chi connectivity index (χ2n) is 8.03. The fraction of sp³-hybridized carbons (Fsp3) is 0.409. The van der Waals surface area contributed by atoms with Crippen LogP contribution in [0.2, 0.25) is 0 Å². The van der Waals surface area contributed by atoms with E-state index in [-0.39, 0.29) is 6.04 Å². The Morgan fingerprint density at radius 2 is 2.17 bits per heavy atom. The molecular formula is C22H26N6O2. The molecule has 2 aliphatic rings. The van der Waals surface area contributed by atoms with Crippen LogP contribution in [-0.4, -0.2) is 57.9 Å². The number of nitrogens with one attached hydrogen (secondary N) is 3. The van der Waals surface area contributed by atoms with Crippen LogP contribution in [0.1, 0.15) is 29.4 Å². The van der Waals surface area contributed by atoms with Gasteiger partial charge in [-0.15, -0.1) is 0 Å². The van der Waals surface area contributed by atoms with Gasteiger partial charge in [0.15, 0.2) is 5.82 Å². The van der Waals surface area contributed by atoms with Crippen LogP contribution in [0.3, 0.4) is 0 Å². The van der Waals surface area contributed by atoms with Gasteiger partial charge in [-0.2, -0.15) is 10.2 Å². The van der Waals surface area contributed by atoms with Crippen LogP contribution in [0.25, 0.3) is 11.1 Å². The number of benzene rings is 1. The van der Waals surface area contributed by atoms with E-state index in [0.29, 0.717) is 12.5 Å². The summed E-state index contributed by atoms with van der Waals surface area (Å²) in [4.78, 5) is 13.6. The van der Waals surface area contributed by atoms with Crippen LogP contribution in [-0.2, 0) is 16.0 Å². The number of carbonyl (C=O) groups excluding carboxylic acids is 1. The Morgan fingerprint density at radius 3 is 2.87 bits per heavy atom. The highest BCUT2D eigenvalue weighted by molar-refractivity contribution is 5.69. The number of hydrogen-bond acceptors (Lipinski definition) is 6. The van der Waals surface area contributed by atoms with Gasteiger partial charge in [0.25, 0.3) is 0 Å². The number of hydrogen-bond donors (Lipinski definition) is 3. The van der Waals surface area contributed by atoms with E-state index >= 15 is 0 Å². The minimum atomic E-state index is 0.135. The third kappa shape index (κ3) is 3.42. The SMILES string of the molecule is Cc1n[nH]cc1-c1ccc(Nc2n[nH]c3c2[C@H](C2CCOC2)N(CC=O)CC3)cc1. The monoisotopic (exact) mass is 406 g/mol. The van der Waals surface area contributed by atoms with Crippen molar-refractivity contribution in [3.63, 3.8) is 0 Å². The first-order chi connectivity index (χ1) is 14.7. The van der Waals surface area contributed by atoms with Gasteiger partial charge in [-0.25, -0.2) is 0 Å². The molecule has 2 aromatic heterocycles. The van der Waals surface area contributed by atoms with E-state index in [0.717, 1.165) is 72.9 Å². The van der Waals surface area contributed by atoms with E-state index in [1.807, 2.05) is 13.1 Å². The van der Waals surface area contributed by atoms with E-state index in [9.17, 15) is 4.79 Å². The number of carbonyl (C=O) groups is 1. The third-order valence-corrected chi connectivity index (χ3v) is 6.23. The largest absolute Gasteiger partial charge is 0.381 e. The molecule has 2 atom stereocenters. The van der Waals surface area contributed by atoms with Crippen LogP contribution >= 0.6 is 0 Å². The van der Waals surface area contributed by atoms with E-state index in [2.05, 4.69) is 54.9 Å². The van der Waals surface area contributed by atoms with Crippen molar-refractivity contribution >= 4 is 17.8 Å². The molecule has 0 spiro atoms. The number of rotatable bonds is 6. The zero-order valence-electron chi connectivity index (χ0n) is 17.0. The molecule has 30 heavy (non-hydrogen) atoms. The Balaban J connectivity index is 1.43. The number of aryl methyl sites for hydroxylation is 1. The molecule has 8 heteroatoms. The molecule has 8 nitrogen and oxygen atoms in total. The van der Waals surface area contributed by atoms with Gasteiger partial charge < -0.3 is 14.8 Å². The molecule has 1 unspecified atom stereocenters. The summed E-state index contributed by atoms with van der Waals surface area (Å²) in [5.74, 6) is 1.21. The Kier molecular flexibility index (Phi) is 5.10. The van der Waals surface area contributed by atoms with Gasteiger partial charge in [0, 0.05) is 60.2 Å². The smallest absolute Gasteiger partial charge is 0.157 e. The number of aromatic nitrogens is 4. The van der Waals surface area contributed by atoms with Gasteiger partial charge in [-0.05, 0) is 31.0 Å². The summed E-state index contributed by atoms with van der Waals surface area (Å²) in [5, 5.41) is 18.4. The van der Waals surface area contributed by atoms with Crippen molar-refractivity contribution < 1.29 is 9.53 Å². The summed E-state index contributed by atoms with van der Waals surface area (Å²) >= 11 is 0. The van der Waals surface area contributed by atoms with Crippen molar-refractivity contribution in [1.29, 1.82) is 0 Å². The molecule has 0 aliphatic carbocycles. The molecule has 1 aromatic carbocycles. The second kappa shape index (κ2) is 8.04. The maximum Gasteiger partial charge on any atom is 0.157 e. The maximum atomic E-state index is 11.3. The molecule has 0 bridgehead atoms. The van der Waals surface area contributed by atoms with Crippen LogP contribution in [0.5, 0.6) is 0 Å². The molecule has 4 heterocycles. The van der Waals surface area contributed by atoms with Gasteiger partial charge in [0.05, 0.1) is 18.8 Å². The summed E-state index contributed by atoms with van der Waals surface area (Å²) < 4.78 is 5.67. The molecule has 1 saturated heterocycles. The first-order valence-corrected chi connectivity index (χ1v) is 10.4. The molecule has 2 aliphatic heterocycles. The predicted molar refractivity (Wildman–Crippen MR) is 114 cm³/mol. The minimum absolute atomic E-state index is 0.135. The topological polar surface area (TPSA) is 98.9 Å². The van der Waals surface area contributed by atoms with Crippen LogP contribution in [0.4, 0.5) is 11.5 Å². The summed E-state index contributed by atoms with van der Waals surface area (Å²) in [6.07, 6.45) is 4.78. The minimum Gasteiger partial charge on any atom is -0.381 e. The first kappa shape index (κ1) is 19.0. The van der Waals surface area contributed by atoms with E-state index in [1.54, 1.807) is 0 Å².